The minimum absolute atomic E-state index is 0.0249. The van der Waals surface area contributed by atoms with Gasteiger partial charge in [-0.25, -0.2) is 14.5 Å². The maximum Gasteiger partial charge on any atom is 0.419 e. The third-order valence-electron chi connectivity index (χ3n) is 7.37. The second-order valence-electron chi connectivity index (χ2n) is 15.2. The second kappa shape index (κ2) is 15.1. The maximum absolute atomic E-state index is 14.7. The number of aromatic hydroxyl groups is 1. The molecule has 1 aliphatic rings. The smallest absolute Gasteiger partial charge is 0.419 e. The molecule has 0 aliphatic carbocycles. The number of unbranched alkanes of at least 4 members (excludes halogenated alkanes) is 1. The molecule has 1 aliphatic heterocycles. The highest BCUT2D eigenvalue weighted by atomic mass is 31.2. The molecular formula is C34H57N2O9P. The number of esters is 1. The van der Waals surface area contributed by atoms with E-state index in [9.17, 15) is 24.1 Å². The fourth-order valence-corrected chi connectivity index (χ4v) is 8.48. The highest BCUT2D eigenvalue weighted by molar-refractivity contribution is 7.62. The molecule has 0 spiro atoms. The van der Waals surface area contributed by atoms with Crippen molar-refractivity contribution in [2.75, 3.05) is 32.4 Å². The number of ether oxygens (including phenoxy) is 3. The van der Waals surface area contributed by atoms with Gasteiger partial charge in [0.05, 0.1) is 6.61 Å². The zero-order valence-corrected chi connectivity index (χ0v) is 31.0. The summed E-state index contributed by atoms with van der Waals surface area (Å²) in [6.07, 6.45) is -0.702. The largest absolute Gasteiger partial charge is 0.507 e. The maximum atomic E-state index is 14.7. The summed E-state index contributed by atoms with van der Waals surface area (Å²) in [7, 11) is -3.58. The summed E-state index contributed by atoms with van der Waals surface area (Å²) in [5.41, 5.74) is -0.0249. The lowest BCUT2D eigenvalue weighted by atomic mass is 9.98. The van der Waals surface area contributed by atoms with Gasteiger partial charge in [0.25, 0.3) is 0 Å². The SMILES string of the molecule is CCOP1(=O)CCN(Cc2cc(C)c(O)c(C)c2)CC1(CCCCN(C(=O)OC(C)(C)C)C(=O)OC(C)(C)C)C(=O)OC(C)(C)C. The zero-order chi connectivity index (χ0) is 35.3. The Bertz CT molecular complexity index is 1240. The molecule has 262 valence electrons. The monoisotopic (exact) mass is 668 g/mol. The third-order valence-corrected chi connectivity index (χ3v) is 10.7. The molecule has 1 saturated heterocycles. The first kappa shape index (κ1) is 39.6. The Morgan fingerprint density at radius 2 is 1.39 bits per heavy atom. The van der Waals surface area contributed by atoms with Gasteiger partial charge in [-0.3, -0.25) is 14.3 Å². The number of phenolic OH excluding ortho intramolecular Hbond substituents is 1. The van der Waals surface area contributed by atoms with Crippen molar-refractivity contribution in [1.29, 1.82) is 0 Å². The quantitative estimate of drug-likeness (QED) is 0.115. The van der Waals surface area contributed by atoms with Crippen molar-refractivity contribution in [3.63, 3.8) is 0 Å². The number of hydrogen-bond acceptors (Lipinski definition) is 10. The van der Waals surface area contributed by atoms with Crippen molar-refractivity contribution >= 4 is 25.5 Å². The summed E-state index contributed by atoms with van der Waals surface area (Å²) in [5.74, 6) is -0.339. The predicted molar refractivity (Wildman–Crippen MR) is 179 cm³/mol. The van der Waals surface area contributed by atoms with E-state index in [2.05, 4.69) is 4.90 Å². The normalized spacial score (nSPS) is 21.0. The minimum Gasteiger partial charge on any atom is -0.507 e. The molecular weight excluding hydrogens is 611 g/mol. The Morgan fingerprint density at radius 3 is 1.85 bits per heavy atom. The van der Waals surface area contributed by atoms with Crippen molar-refractivity contribution in [2.24, 2.45) is 0 Å². The molecule has 12 heteroatoms. The van der Waals surface area contributed by atoms with E-state index in [0.717, 1.165) is 21.6 Å². The van der Waals surface area contributed by atoms with E-state index >= 15 is 0 Å². The molecule has 46 heavy (non-hydrogen) atoms. The van der Waals surface area contributed by atoms with E-state index in [-0.39, 0.29) is 38.0 Å². The molecule has 2 rings (SSSR count). The molecule has 2 unspecified atom stereocenters. The first-order chi connectivity index (χ1) is 20.9. The molecule has 2 atom stereocenters. The summed E-state index contributed by atoms with van der Waals surface area (Å²) in [4.78, 5) is 43.2. The van der Waals surface area contributed by atoms with E-state index in [1.807, 2.05) is 26.0 Å². The molecule has 1 aromatic carbocycles. The van der Waals surface area contributed by atoms with E-state index in [0.29, 0.717) is 25.9 Å². The number of carbonyl (C=O) groups excluding carboxylic acids is 3. The van der Waals surface area contributed by atoms with Gasteiger partial charge in [0.2, 0.25) is 7.37 Å². The third kappa shape index (κ3) is 11.0. The summed E-state index contributed by atoms with van der Waals surface area (Å²) < 4.78 is 37.5. The predicted octanol–water partition coefficient (Wildman–Crippen LogP) is 7.56. The molecule has 0 aromatic heterocycles. The Hall–Kier alpha value is -2.62. The van der Waals surface area contributed by atoms with Gasteiger partial charge < -0.3 is 23.8 Å². The van der Waals surface area contributed by atoms with Gasteiger partial charge >= 0.3 is 18.2 Å². The van der Waals surface area contributed by atoms with Gasteiger partial charge in [0.1, 0.15) is 22.6 Å². The Balaban J connectivity index is 2.42. The van der Waals surface area contributed by atoms with E-state index in [4.69, 9.17) is 18.7 Å². The summed E-state index contributed by atoms with van der Waals surface area (Å²) in [6, 6.07) is 3.83. The van der Waals surface area contributed by atoms with Crippen LogP contribution in [0.25, 0.3) is 0 Å². The number of nitrogens with zero attached hydrogens (tertiary/aromatic N) is 2. The molecule has 0 radical (unpaired) electrons. The molecule has 2 amide bonds. The van der Waals surface area contributed by atoms with Crippen LogP contribution in [0.2, 0.25) is 0 Å². The summed E-state index contributed by atoms with van der Waals surface area (Å²) in [6.45, 7) is 22.2. The lowest BCUT2D eigenvalue weighted by Gasteiger charge is -2.46. The van der Waals surface area contributed by atoms with Gasteiger partial charge in [-0.2, -0.15) is 0 Å². The first-order valence-corrected chi connectivity index (χ1v) is 17.9. The average Bonchev–Trinajstić information content (AvgIpc) is 2.85. The lowest BCUT2D eigenvalue weighted by Crippen LogP contribution is -2.56. The second-order valence-corrected chi connectivity index (χ2v) is 18.1. The average molecular weight is 669 g/mol. The Labute approximate surface area is 275 Å². The molecule has 1 heterocycles. The van der Waals surface area contributed by atoms with E-state index in [1.165, 1.54) is 0 Å². The van der Waals surface area contributed by atoms with Crippen LogP contribution in [0.3, 0.4) is 0 Å². The topological polar surface area (TPSA) is 132 Å². The standard InChI is InChI=1S/C34H57N2O9P/c1-13-42-46(41)19-18-35(22-26-20-24(2)27(37)25(3)21-26)23-34(46,28(38)43-31(4,5)6)16-14-15-17-36(29(39)44-32(7,8)9)30(40)45-33(10,11)12/h20-21,37H,13-19,22-23H2,1-12H3. The first-order valence-electron chi connectivity index (χ1n) is 16.1. The Kier molecular flexibility index (Phi) is 13.0. The number of hydrogen-bond donors (Lipinski definition) is 1. The van der Waals surface area contributed by atoms with Crippen LogP contribution in [0, 0.1) is 13.8 Å². The molecule has 0 bridgehead atoms. The number of rotatable bonds is 10. The van der Waals surface area contributed by atoms with E-state index < -0.39 is 47.5 Å². The van der Waals surface area contributed by atoms with E-state index in [1.54, 1.807) is 69.2 Å². The Morgan fingerprint density at radius 1 is 0.891 bits per heavy atom. The van der Waals surface area contributed by atoms with Gasteiger partial charge in [-0.05, 0) is 119 Å². The number of phenols is 1. The fraction of sp³-hybridized carbons (Fsp3) is 0.735. The van der Waals surface area contributed by atoms with Gasteiger partial charge in [0, 0.05) is 32.3 Å². The van der Waals surface area contributed by atoms with Crippen molar-refractivity contribution in [3.05, 3.63) is 28.8 Å². The van der Waals surface area contributed by atoms with Gasteiger partial charge in [0.15, 0.2) is 5.16 Å². The van der Waals surface area contributed by atoms with Gasteiger partial charge in [-0.15, -0.1) is 0 Å². The zero-order valence-electron chi connectivity index (χ0n) is 30.1. The highest BCUT2D eigenvalue weighted by Gasteiger charge is 2.59. The van der Waals surface area contributed by atoms with Crippen LogP contribution in [0.15, 0.2) is 12.1 Å². The van der Waals surface area contributed by atoms with Crippen molar-refractivity contribution in [1.82, 2.24) is 9.80 Å². The van der Waals surface area contributed by atoms with Crippen LogP contribution in [0.5, 0.6) is 5.75 Å². The number of carbonyl (C=O) groups is 3. The fourth-order valence-electron chi connectivity index (χ4n) is 5.48. The number of imide groups is 1. The van der Waals surface area contributed by atoms with Gasteiger partial charge in [-0.1, -0.05) is 12.1 Å². The van der Waals surface area contributed by atoms with Crippen LogP contribution in [-0.4, -0.2) is 87.4 Å². The number of aryl methyl sites for hydroxylation is 2. The van der Waals surface area contributed by atoms with Crippen LogP contribution < -0.4 is 0 Å². The molecule has 1 fully saturated rings. The van der Waals surface area contributed by atoms with Crippen LogP contribution in [0.4, 0.5) is 9.59 Å². The summed E-state index contributed by atoms with van der Waals surface area (Å²) >= 11 is 0. The lowest BCUT2D eigenvalue weighted by molar-refractivity contribution is -0.160. The van der Waals surface area contributed by atoms with Crippen molar-refractivity contribution in [2.45, 2.75) is 131 Å². The number of amides is 2. The summed E-state index contributed by atoms with van der Waals surface area (Å²) in [5, 5.41) is 8.80. The minimum atomic E-state index is -3.58. The van der Waals surface area contributed by atoms with Crippen LogP contribution >= 0.6 is 7.37 Å². The molecule has 11 nitrogen and oxygen atoms in total. The van der Waals surface area contributed by atoms with Crippen LogP contribution in [0.1, 0.15) is 105 Å². The van der Waals surface area contributed by atoms with Crippen LogP contribution in [-0.2, 0) is 34.6 Å². The van der Waals surface area contributed by atoms with Crippen molar-refractivity contribution in [3.8, 4) is 5.75 Å². The van der Waals surface area contributed by atoms with Crippen molar-refractivity contribution < 1.29 is 42.8 Å². The highest BCUT2D eigenvalue weighted by Crippen LogP contribution is 2.64. The number of benzene rings is 1. The molecule has 1 aromatic rings. The molecule has 0 saturated carbocycles. The molecule has 1 N–H and O–H groups in total.